The van der Waals surface area contributed by atoms with Crippen molar-refractivity contribution in [3.63, 3.8) is 0 Å². The van der Waals surface area contributed by atoms with Crippen LogP contribution in [0.4, 0.5) is 11.4 Å². The maximum absolute atomic E-state index is 12.5. The number of sulfone groups is 1. The molecule has 0 aliphatic rings. The first-order valence-electron chi connectivity index (χ1n) is 8.47. The van der Waals surface area contributed by atoms with Gasteiger partial charge in [-0.15, -0.1) is 0 Å². The average Bonchev–Trinajstić information content (AvgIpc) is 2.70. The lowest BCUT2D eigenvalue weighted by Crippen LogP contribution is -2.14. The monoisotopic (exact) mass is 463 g/mol. The van der Waals surface area contributed by atoms with E-state index in [4.69, 9.17) is 23.2 Å². The van der Waals surface area contributed by atoms with Crippen LogP contribution in [0, 0.1) is 0 Å². The number of amides is 2. The lowest BCUT2D eigenvalue weighted by molar-refractivity contribution is 0.101. The Hall–Kier alpha value is -2.94. The summed E-state index contributed by atoms with van der Waals surface area (Å²) in [6.07, 6.45) is 2.41. The lowest BCUT2D eigenvalue weighted by Gasteiger charge is -2.11. The first kappa shape index (κ1) is 21.8. The van der Waals surface area contributed by atoms with Gasteiger partial charge in [0.15, 0.2) is 9.84 Å². The second kappa shape index (κ2) is 8.83. The number of aromatic nitrogens is 1. The van der Waals surface area contributed by atoms with Crippen molar-refractivity contribution in [3.05, 3.63) is 82.1 Å². The highest BCUT2D eigenvalue weighted by atomic mass is 35.5. The summed E-state index contributed by atoms with van der Waals surface area (Å²) in [5.74, 6) is -0.920. The van der Waals surface area contributed by atoms with Crippen LogP contribution >= 0.6 is 23.2 Å². The number of halogens is 2. The number of pyridine rings is 1. The van der Waals surface area contributed by atoms with Gasteiger partial charge in [0.25, 0.3) is 11.8 Å². The van der Waals surface area contributed by atoms with Gasteiger partial charge in [-0.05, 0) is 48.5 Å². The minimum absolute atomic E-state index is 0.0380. The molecule has 2 N–H and O–H groups in total. The summed E-state index contributed by atoms with van der Waals surface area (Å²) in [6, 6.07) is 13.3. The van der Waals surface area contributed by atoms with Crippen LogP contribution in [0.25, 0.3) is 0 Å². The summed E-state index contributed by atoms with van der Waals surface area (Å²) in [7, 11) is -3.44. The Kier molecular flexibility index (Phi) is 6.40. The van der Waals surface area contributed by atoms with Crippen molar-refractivity contribution in [2.45, 2.75) is 4.90 Å². The molecule has 3 rings (SSSR count). The molecule has 154 valence electrons. The van der Waals surface area contributed by atoms with Crippen molar-refractivity contribution < 1.29 is 18.0 Å². The number of nitrogens with zero attached hydrogens (tertiary/aromatic N) is 1. The van der Waals surface area contributed by atoms with E-state index in [1.165, 1.54) is 54.7 Å². The number of rotatable bonds is 5. The number of hydrogen-bond acceptors (Lipinski definition) is 5. The highest BCUT2D eigenvalue weighted by molar-refractivity contribution is 7.90. The van der Waals surface area contributed by atoms with Crippen molar-refractivity contribution in [2.75, 3.05) is 16.9 Å². The maximum Gasteiger partial charge on any atom is 0.257 e. The Bertz CT molecular complexity index is 1230. The standard InChI is InChI=1S/C20H15Cl2N3O4S/c1-30(28,29)15-4-2-3-12(9-15)19(26)25-17-7-6-14(10-16(17)21)24-20(27)13-5-8-18(22)23-11-13/h2-11H,1H3,(H,24,27)(H,25,26). The summed E-state index contributed by atoms with van der Waals surface area (Å²) in [6.45, 7) is 0. The van der Waals surface area contributed by atoms with E-state index in [1.807, 2.05) is 0 Å². The first-order chi connectivity index (χ1) is 14.1. The van der Waals surface area contributed by atoms with Gasteiger partial charge in [-0.1, -0.05) is 29.3 Å². The summed E-state index contributed by atoms with van der Waals surface area (Å²) < 4.78 is 23.3. The number of nitrogens with one attached hydrogen (secondary N) is 2. The maximum atomic E-state index is 12.5. The molecule has 1 heterocycles. The molecule has 2 aromatic carbocycles. The van der Waals surface area contributed by atoms with Crippen LogP contribution in [0.15, 0.2) is 65.7 Å². The second-order valence-corrected chi connectivity index (χ2v) is 9.08. The SMILES string of the molecule is CS(=O)(=O)c1cccc(C(=O)Nc2ccc(NC(=O)c3ccc(Cl)nc3)cc2Cl)c1. The van der Waals surface area contributed by atoms with Crippen molar-refractivity contribution >= 4 is 56.2 Å². The topological polar surface area (TPSA) is 105 Å². The van der Waals surface area contributed by atoms with Crippen LogP contribution in [-0.2, 0) is 9.84 Å². The predicted molar refractivity (Wildman–Crippen MR) is 116 cm³/mol. The van der Waals surface area contributed by atoms with Gasteiger partial charge >= 0.3 is 0 Å². The highest BCUT2D eigenvalue weighted by Crippen LogP contribution is 2.26. The molecule has 0 aliphatic carbocycles. The Morgan fingerprint density at radius 1 is 0.900 bits per heavy atom. The van der Waals surface area contributed by atoms with E-state index in [9.17, 15) is 18.0 Å². The van der Waals surface area contributed by atoms with E-state index < -0.39 is 21.7 Å². The molecule has 0 saturated carbocycles. The largest absolute Gasteiger partial charge is 0.322 e. The lowest BCUT2D eigenvalue weighted by atomic mass is 10.2. The Morgan fingerprint density at radius 3 is 2.27 bits per heavy atom. The third-order valence-electron chi connectivity index (χ3n) is 3.99. The molecule has 3 aromatic rings. The zero-order valence-electron chi connectivity index (χ0n) is 15.5. The van der Waals surface area contributed by atoms with Crippen LogP contribution in [0.3, 0.4) is 0 Å². The number of anilines is 2. The van der Waals surface area contributed by atoms with Gasteiger partial charge < -0.3 is 10.6 Å². The smallest absolute Gasteiger partial charge is 0.257 e. The molecular weight excluding hydrogens is 449 g/mol. The van der Waals surface area contributed by atoms with E-state index in [1.54, 1.807) is 6.07 Å². The Morgan fingerprint density at radius 2 is 1.63 bits per heavy atom. The normalized spacial score (nSPS) is 11.0. The molecule has 7 nitrogen and oxygen atoms in total. The summed E-state index contributed by atoms with van der Waals surface area (Å²) in [5.41, 5.74) is 1.20. The second-order valence-electron chi connectivity index (χ2n) is 6.27. The summed E-state index contributed by atoms with van der Waals surface area (Å²) in [4.78, 5) is 28.6. The average molecular weight is 464 g/mol. The molecular formula is C20H15Cl2N3O4S. The number of carbonyl (C=O) groups is 2. The highest BCUT2D eigenvalue weighted by Gasteiger charge is 2.14. The van der Waals surface area contributed by atoms with E-state index in [2.05, 4.69) is 15.6 Å². The molecule has 0 bridgehead atoms. The van der Waals surface area contributed by atoms with Gasteiger partial charge in [0.1, 0.15) is 5.15 Å². The molecule has 0 fully saturated rings. The minimum Gasteiger partial charge on any atom is -0.322 e. The van der Waals surface area contributed by atoms with Crippen molar-refractivity contribution in [3.8, 4) is 0 Å². The number of benzene rings is 2. The molecule has 0 spiro atoms. The fraction of sp³-hybridized carbons (Fsp3) is 0.0500. The third kappa shape index (κ3) is 5.35. The van der Waals surface area contributed by atoms with Crippen LogP contribution in [-0.4, -0.2) is 31.5 Å². The van der Waals surface area contributed by atoms with Gasteiger partial charge in [0.05, 0.1) is 21.2 Å². The summed E-state index contributed by atoms with van der Waals surface area (Å²) >= 11 is 11.9. The quantitative estimate of drug-likeness (QED) is 0.548. The molecule has 0 unspecified atom stereocenters. The molecule has 0 saturated heterocycles. The summed E-state index contributed by atoms with van der Waals surface area (Å²) in [5, 5.41) is 5.75. The van der Waals surface area contributed by atoms with Gasteiger partial charge in [0, 0.05) is 23.7 Å². The van der Waals surface area contributed by atoms with Gasteiger partial charge in [0.2, 0.25) is 0 Å². The van der Waals surface area contributed by atoms with Crippen molar-refractivity contribution in [1.82, 2.24) is 4.98 Å². The molecule has 2 amide bonds. The van der Waals surface area contributed by atoms with E-state index in [0.29, 0.717) is 16.9 Å². The van der Waals surface area contributed by atoms with Crippen LogP contribution < -0.4 is 10.6 Å². The van der Waals surface area contributed by atoms with Gasteiger partial charge in [-0.2, -0.15) is 0 Å². The van der Waals surface area contributed by atoms with E-state index in [0.717, 1.165) is 6.26 Å². The fourth-order valence-electron chi connectivity index (χ4n) is 2.47. The van der Waals surface area contributed by atoms with E-state index in [-0.39, 0.29) is 20.6 Å². The van der Waals surface area contributed by atoms with Gasteiger partial charge in [-0.3, -0.25) is 9.59 Å². The predicted octanol–water partition coefficient (Wildman–Crippen LogP) is 4.30. The minimum atomic E-state index is -3.44. The molecule has 1 aromatic heterocycles. The zero-order valence-corrected chi connectivity index (χ0v) is 17.8. The number of hydrogen-bond donors (Lipinski definition) is 2. The fourth-order valence-corrected chi connectivity index (χ4v) is 3.48. The molecule has 0 atom stereocenters. The van der Waals surface area contributed by atoms with E-state index >= 15 is 0 Å². The zero-order chi connectivity index (χ0) is 21.9. The molecule has 0 aliphatic heterocycles. The number of carbonyl (C=O) groups excluding carboxylic acids is 2. The van der Waals surface area contributed by atoms with Crippen LogP contribution in [0.1, 0.15) is 20.7 Å². The van der Waals surface area contributed by atoms with Gasteiger partial charge in [-0.25, -0.2) is 13.4 Å². The first-order valence-corrected chi connectivity index (χ1v) is 11.1. The molecule has 10 heteroatoms. The van der Waals surface area contributed by atoms with Crippen molar-refractivity contribution in [1.29, 1.82) is 0 Å². The Labute approximate surface area is 183 Å². The molecule has 30 heavy (non-hydrogen) atoms. The molecule has 0 radical (unpaired) electrons. The Balaban J connectivity index is 1.73. The third-order valence-corrected chi connectivity index (χ3v) is 5.64. The van der Waals surface area contributed by atoms with Crippen LogP contribution in [0.5, 0.6) is 0 Å². The van der Waals surface area contributed by atoms with Crippen molar-refractivity contribution in [2.24, 2.45) is 0 Å². The van der Waals surface area contributed by atoms with Crippen LogP contribution in [0.2, 0.25) is 10.2 Å².